The second-order valence-corrected chi connectivity index (χ2v) is 10.1. The van der Waals surface area contributed by atoms with E-state index >= 15 is 0 Å². The lowest BCUT2D eigenvalue weighted by atomic mass is 10.1. The molecule has 0 amide bonds. The fourth-order valence-corrected chi connectivity index (χ4v) is 5.35. The van der Waals surface area contributed by atoms with E-state index in [1.807, 2.05) is 12.2 Å². The van der Waals surface area contributed by atoms with E-state index in [-0.39, 0.29) is 35.4 Å². The number of aliphatic carboxylic acids is 1. The molecule has 4 N–H and O–H groups in total. The monoisotopic (exact) mass is 540 g/mol. The SMILES string of the molecule is COc1nc(N)nc2c1ncn2[C@H]1C=C[C@@H](COP(=O)(N[C@@H](C)C(=O)O)Oc2ccc(Cl)cc2F)C1. The van der Waals surface area contributed by atoms with Crippen LogP contribution in [0.1, 0.15) is 19.4 Å². The summed E-state index contributed by atoms with van der Waals surface area (Å²) < 4.78 is 45.5. The molecule has 2 heterocycles. The predicted octanol–water partition coefficient (Wildman–Crippen LogP) is 3.59. The number of imidazole rings is 1. The highest BCUT2D eigenvalue weighted by Crippen LogP contribution is 2.47. The fourth-order valence-electron chi connectivity index (χ4n) is 3.63. The first-order valence-electron chi connectivity index (χ1n) is 10.7. The minimum absolute atomic E-state index is 0.0362. The maximum absolute atomic E-state index is 14.3. The van der Waals surface area contributed by atoms with Crippen molar-refractivity contribution in [3.63, 3.8) is 0 Å². The van der Waals surface area contributed by atoms with Crippen molar-refractivity contribution in [3.05, 3.63) is 47.5 Å². The number of nitrogens with one attached hydrogen (secondary N) is 1. The minimum atomic E-state index is -4.30. The van der Waals surface area contributed by atoms with Crippen molar-refractivity contribution in [1.29, 1.82) is 0 Å². The standard InChI is InChI=1S/C21H23ClFN6O6P/c1-11(20(30)31)28-36(32,35-16-6-4-13(22)8-15(16)23)34-9-12-3-5-14(7-12)29-10-25-17-18(29)26-21(24)27-19(17)33-2/h3-6,8,10-12,14H,7,9H2,1-2H3,(H,28,32)(H,30,31)(H2,24,26,27)/t11-,12+,14-,36?/m0/s1. The topological polar surface area (TPSA) is 164 Å². The van der Waals surface area contributed by atoms with Crippen LogP contribution < -0.4 is 20.1 Å². The van der Waals surface area contributed by atoms with Gasteiger partial charge >= 0.3 is 13.7 Å². The summed E-state index contributed by atoms with van der Waals surface area (Å²) >= 11 is 5.75. The third kappa shape index (κ3) is 5.59. The highest BCUT2D eigenvalue weighted by Gasteiger charge is 2.34. The van der Waals surface area contributed by atoms with E-state index in [4.69, 9.17) is 31.1 Å². The van der Waals surface area contributed by atoms with Crippen LogP contribution in [0.15, 0.2) is 36.7 Å². The van der Waals surface area contributed by atoms with Crippen molar-refractivity contribution in [1.82, 2.24) is 24.6 Å². The Hall–Kier alpha value is -3.25. The van der Waals surface area contributed by atoms with Crippen molar-refractivity contribution < 1.29 is 32.6 Å². The number of benzene rings is 1. The number of nitrogen functional groups attached to an aromatic ring is 1. The molecule has 15 heteroatoms. The van der Waals surface area contributed by atoms with Gasteiger partial charge in [-0.2, -0.15) is 15.1 Å². The lowest BCUT2D eigenvalue weighted by Crippen LogP contribution is -2.33. The average Bonchev–Trinajstić information content (AvgIpc) is 3.46. The molecule has 192 valence electrons. The van der Waals surface area contributed by atoms with Gasteiger partial charge in [-0.15, -0.1) is 0 Å². The van der Waals surface area contributed by atoms with Crippen molar-refractivity contribution in [2.45, 2.75) is 25.4 Å². The molecular formula is C21H23ClFN6O6P. The van der Waals surface area contributed by atoms with Crippen LogP contribution in [0.4, 0.5) is 10.3 Å². The van der Waals surface area contributed by atoms with Gasteiger partial charge in [0.25, 0.3) is 0 Å². The molecular weight excluding hydrogens is 518 g/mol. The normalized spacial score (nSPS) is 19.8. The molecule has 36 heavy (non-hydrogen) atoms. The van der Waals surface area contributed by atoms with Gasteiger partial charge in [-0.3, -0.25) is 9.32 Å². The Kier molecular flexibility index (Phi) is 7.46. The molecule has 1 unspecified atom stereocenters. The smallest absolute Gasteiger partial charge is 0.459 e. The number of nitrogens with two attached hydrogens (primary N) is 1. The zero-order valence-corrected chi connectivity index (χ0v) is 20.8. The number of allylic oxidation sites excluding steroid dienone is 1. The van der Waals surface area contributed by atoms with Crippen LogP contribution in [0.2, 0.25) is 5.02 Å². The molecule has 2 aromatic heterocycles. The number of nitrogens with zero attached hydrogens (tertiary/aromatic N) is 4. The largest absolute Gasteiger partial charge is 0.480 e. The number of hydrogen-bond acceptors (Lipinski definition) is 9. The van der Waals surface area contributed by atoms with Crippen molar-refractivity contribution in [2.24, 2.45) is 5.92 Å². The molecule has 0 bridgehead atoms. The van der Waals surface area contributed by atoms with E-state index in [9.17, 15) is 18.9 Å². The summed E-state index contributed by atoms with van der Waals surface area (Å²) in [6, 6.07) is 2.03. The van der Waals surface area contributed by atoms with Gasteiger partial charge in [-0.1, -0.05) is 23.8 Å². The molecule has 1 aliphatic rings. The van der Waals surface area contributed by atoms with Gasteiger partial charge in [0.15, 0.2) is 22.7 Å². The van der Waals surface area contributed by atoms with Gasteiger partial charge in [0.05, 0.1) is 26.1 Å². The van der Waals surface area contributed by atoms with Gasteiger partial charge in [0.1, 0.15) is 6.04 Å². The fraction of sp³-hybridized carbons (Fsp3) is 0.333. The van der Waals surface area contributed by atoms with Crippen LogP contribution in [0.25, 0.3) is 11.2 Å². The summed E-state index contributed by atoms with van der Waals surface area (Å²) in [7, 11) is -2.85. The molecule has 1 aliphatic carbocycles. The number of rotatable bonds is 10. The number of hydrogen-bond donors (Lipinski definition) is 3. The van der Waals surface area contributed by atoms with E-state index in [1.54, 1.807) is 10.9 Å². The first-order chi connectivity index (χ1) is 17.1. The molecule has 0 spiro atoms. The molecule has 0 saturated heterocycles. The Labute approximate surface area is 209 Å². The Bertz CT molecular complexity index is 1370. The lowest BCUT2D eigenvalue weighted by Gasteiger charge is -2.23. The van der Waals surface area contributed by atoms with Gasteiger partial charge in [-0.25, -0.2) is 13.9 Å². The second-order valence-electron chi connectivity index (χ2n) is 8.01. The summed E-state index contributed by atoms with van der Waals surface area (Å²) in [6.45, 7) is 1.16. The van der Waals surface area contributed by atoms with Gasteiger partial charge in [0.2, 0.25) is 11.8 Å². The number of carbonyl (C=O) groups is 1. The van der Waals surface area contributed by atoms with Crippen LogP contribution in [0.5, 0.6) is 11.6 Å². The van der Waals surface area contributed by atoms with Crippen LogP contribution >= 0.6 is 19.3 Å². The summed E-state index contributed by atoms with van der Waals surface area (Å²) in [4.78, 5) is 23.9. The summed E-state index contributed by atoms with van der Waals surface area (Å²) in [6.07, 6.45) is 5.86. The molecule has 1 aromatic carbocycles. The molecule has 0 saturated carbocycles. The van der Waals surface area contributed by atoms with Crippen LogP contribution in [0.3, 0.4) is 0 Å². The molecule has 0 radical (unpaired) electrons. The van der Waals surface area contributed by atoms with Gasteiger partial charge in [-0.05, 0) is 31.5 Å². The van der Waals surface area contributed by atoms with Crippen LogP contribution in [-0.4, -0.2) is 50.4 Å². The Morgan fingerprint density at radius 3 is 2.89 bits per heavy atom. The quantitative estimate of drug-likeness (QED) is 0.254. The van der Waals surface area contributed by atoms with Crippen molar-refractivity contribution in [2.75, 3.05) is 19.5 Å². The molecule has 0 aliphatic heterocycles. The lowest BCUT2D eigenvalue weighted by molar-refractivity contribution is -0.138. The Morgan fingerprint density at radius 1 is 1.42 bits per heavy atom. The number of carboxylic acid groups (broad SMARTS) is 1. The zero-order valence-electron chi connectivity index (χ0n) is 19.2. The number of anilines is 1. The molecule has 4 rings (SSSR count). The second kappa shape index (κ2) is 10.4. The molecule has 12 nitrogen and oxygen atoms in total. The van der Waals surface area contributed by atoms with Crippen molar-refractivity contribution in [3.8, 4) is 11.6 Å². The van der Waals surface area contributed by atoms with E-state index in [0.717, 1.165) is 6.07 Å². The maximum atomic E-state index is 14.3. The average molecular weight is 541 g/mol. The molecule has 4 atom stereocenters. The first kappa shape index (κ1) is 25.8. The van der Waals surface area contributed by atoms with Gasteiger partial charge < -0.3 is 24.7 Å². The van der Waals surface area contributed by atoms with Gasteiger partial charge in [0, 0.05) is 10.9 Å². The zero-order chi connectivity index (χ0) is 26.0. The summed E-state index contributed by atoms with van der Waals surface area (Å²) in [5, 5.41) is 11.7. The number of carboxylic acids is 1. The number of halogens is 2. The van der Waals surface area contributed by atoms with Crippen molar-refractivity contribution >= 4 is 42.4 Å². The van der Waals surface area contributed by atoms with E-state index in [0.29, 0.717) is 17.6 Å². The van der Waals surface area contributed by atoms with Crippen LogP contribution in [0, 0.1) is 11.7 Å². The third-order valence-electron chi connectivity index (χ3n) is 5.40. The number of ether oxygens (including phenoxy) is 1. The van der Waals surface area contributed by atoms with E-state index < -0.39 is 31.3 Å². The number of fused-ring (bicyclic) bond motifs is 1. The third-order valence-corrected chi connectivity index (χ3v) is 7.26. The summed E-state index contributed by atoms with van der Waals surface area (Å²) in [5.74, 6) is -2.51. The number of methoxy groups -OCH3 is 1. The van der Waals surface area contributed by atoms with E-state index in [1.165, 1.54) is 26.2 Å². The highest BCUT2D eigenvalue weighted by atomic mass is 35.5. The summed E-state index contributed by atoms with van der Waals surface area (Å²) in [5.41, 5.74) is 6.72. The highest BCUT2D eigenvalue weighted by molar-refractivity contribution is 7.52. The minimum Gasteiger partial charge on any atom is -0.480 e. The van der Waals surface area contributed by atoms with E-state index in [2.05, 4.69) is 20.0 Å². The molecule has 3 aromatic rings. The molecule has 0 fully saturated rings. The predicted molar refractivity (Wildman–Crippen MR) is 128 cm³/mol. The van der Waals surface area contributed by atoms with Crippen LogP contribution in [-0.2, 0) is 13.9 Å². The Balaban J connectivity index is 1.48. The number of aromatic nitrogens is 4. The first-order valence-corrected chi connectivity index (χ1v) is 12.6. The maximum Gasteiger partial charge on any atom is 0.459 e. The Morgan fingerprint density at radius 2 is 2.19 bits per heavy atom.